The van der Waals surface area contributed by atoms with E-state index in [2.05, 4.69) is 24.1 Å². The highest BCUT2D eigenvalue weighted by Crippen LogP contribution is 2.07. The Morgan fingerprint density at radius 3 is 1.48 bits per heavy atom. The number of nitrogens with zero attached hydrogens (tertiary/aromatic N) is 1. The van der Waals surface area contributed by atoms with Crippen molar-refractivity contribution < 1.29 is 26.6 Å². The van der Waals surface area contributed by atoms with E-state index in [0.29, 0.717) is 6.17 Å². The molecule has 0 heterocycles. The van der Waals surface area contributed by atoms with Crippen LogP contribution in [0.4, 0.5) is 0 Å². The summed E-state index contributed by atoms with van der Waals surface area (Å²) in [5.74, 6) is 0. The van der Waals surface area contributed by atoms with E-state index in [4.69, 9.17) is 26.6 Å². The van der Waals surface area contributed by atoms with E-state index in [1.807, 2.05) is 7.05 Å². The quantitative estimate of drug-likeness (QED) is 0.344. The van der Waals surface area contributed by atoms with Crippen LogP contribution in [-0.2, 0) is 26.6 Å². The molecule has 0 aromatic heterocycles. The molecule has 0 aromatic rings. The van der Waals surface area contributed by atoms with Gasteiger partial charge in [0.1, 0.15) is 0 Å². The first-order chi connectivity index (χ1) is 11.9. The smallest absolute Gasteiger partial charge is 0.376 e. The van der Waals surface area contributed by atoms with E-state index in [9.17, 15) is 0 Å². The lowest BCUT2D eigenvalue weighted by atomic mass is 10.5. The zero-order chi connectivity index (χ0) is 19.8. The Morgan fingerprint density at radius 2 is 1.16 bits per heavy atom. The van der Waals surface area contributed by atoms with E-state index >= 15 is 0 Å². The Balaban J connectivity index is 0. The molecule has 0 rings (SSSR count). The Bertz CT molecular complexity index is 279. The van der Waals surface area contributed by atoms with Crippen LogP contribution in [0.1, 0.15) is 26.7 Å². The van der Waals surface area contributed by atoms with E-state index in [1.54, 1.807) is 42.7 Å². The Hall–Kier alpha value is 0.114. The van der Waals surface area contributed by atoms with Gasteiger partial charge < -0.3 is 36.8 Å². The van der Waals surface area contributed by atoms with Crippen molar-refractivity contribution in [1.82, 2.24) is 10.2 Å². The van der Waals surface area contributed by atoms with Crippen LogP contribution in [0.3, 0.4) is 0 Å². The van der Waals surface area contributed by atoms with Gasteiger partial charge in [-0.25, -0.2) is 0 Å². The van der Waals surface area contributed by atoms with Crippen LogP contribution >= 0.6 is 0 Å². The van der Waals surface area contributed by atoms with Crippen molar-refractivity contribution in [3.63, 3.8) is 0 Å². The van der Waals surface area contributed by atoms with Gasteiger partial charge in [-0.05, 0) is 33.0 Å². The van der Waals surface area contributed by atoms with Gasteiger partial charge in [-0.3, -0.25) is 0 Å². The van der Waals surface area contributed by atoms with Crippen LogP contribution in [0.25, 0.3) is 0 Å². The average Bonchev–Trinajstić information content (AvgIpc) is 2.65. The van der Waals surface area contributed by atoms with Gasteiger partial charge in [0.05, 0.1) is 12.3 Å². The Labute approximate surface area is 156 Å². The standard InChI is InChI=1S/C8H21NO3Si.C7H19NO3Si/c1-6-7-9(2)8-13(10-3,11-4)12-5;1-5-6-8-7-12(9-2,10-3)11-4/h6-8H2,1-5H3;8H,5-7H2,1-4H3. The summed E-state index contributed by atoms with van der Waals surface area (Å²) in [7, 11) is 7.05. The SMILES string of the molecule is CCCN(C)C[Si](OC)(OC)OC.CCCNC[Si](OC)(OC)OC. The van der Waals surface area contributed by atoms with Gasteiger partial charge in [-0.2, -0.15) is 0 Å². The first kappa shape index (κ1) is 27.3. The minimum atomic E-state index is -2.39. The van der Waals surface area contributed by atoms with Crippen LogP contribution < -0.4 is 5.32 Å². The molecular formula is C15H40N2O6Si2. The van der Waals surface area contributed by atoms with Gasteiger partial charge in [0.2, 0.25) is 0 Å². The topological polar surface area (TPSA) is 70.7 Å². The van der Waals surface area contributed by atoms with Gasteiger partial charge in [0, 0.05) is 42.7 Å². The molecule has 0 fully saturated rings. The van der Waals surface area contributed by atoms with Crippen molar-refractivity contribution in [3.8, 4) is 0 Å². The van der Waals surface area contributed by atoms with Crippen molar-refractivity contribution in [2.45, 2.75) is 26.7 Å². The minimum absolute atomic E-state index is 0.671. The molecule has 0 amide bonds. The lowest BCUT2D eigenvalue weighted by molar-refractivity contribution is 0.107. The second-order valence-corrected chi connectivity index (χ2v) is 11.4. The molecule has 0 atom stereocenters. The summed E-state index contributed by atoms with van der Waals surface area (Å²) in [4.78, 5) is 2.17. The summed E-state index contributed by atoms with van der Waals surface area (Å²) >= 11 is 0. The zero-order valence-electron chi connectivity index (χ0n) is 17.6. The molecule has 0 aliphatic heterocycles. The molecule has 0 saturated heterocycles. The van der Waals surface area contributed by atoms with E-state index in [0.717, 1.165) is 32.1 Å². The first-order valence-corrected chi connectivity index (χ1v) is 12.4. The second kappa shape index (κ2) is 16.3. The third kappa shape index (κ3) is 11.4. The van der Waals surface area contributed by atoms with Crippen LogP contribution in [-0.4, -0.2) is 97.6 Å². The summed E-state index contributed by atoms with van der Waals surface area (Å²) in [6, 6.07) is 0. The largest absolute Gasteiger partial charge is 0.514 e. The molecule has 8 nitrogen and oxygen atoms in total. The molecule has 154 valence electrons. The molecular weight excluding hydrogens is 360 g/mol. The molecule has 0 bridgehead atoms. The molecule has 0 aromatic carbocycles. The molecule has 0 aliphatic rings. The van der Waals surface area contributed by atoms with Crippen LogP contribution in [0.15, 0.2) is 0 Å². The number of hydrogen-bond donors (Lipinski definition) is 1. The van der Waals surface area contributed by atoms with Crippen LogP contribution in [0, 0.1) is 0 Å². The van der Waals surface area contributed by atoms with Gasteiger partial charge in [-0.1, -0.05) is 13.8 Å². The third-order valence-electron chi connectivity index (χ3n) is 3.70. The fourth-order valence-corrected chi connectivity index (χ4v) is 5.24. The molecule has 0 unspecified atom stereocenters. The first-order valence-electron chi connectivity index (χ1n) is 8.58. The second-order valence-electron chi connectivity index (χ2n) is 5.51. The molecule has 25 heavy (non-hydrogen) atoms. The van der Waals surface area contributed by atoms with E-state index in [-0.39, 0.29) is 0 Å². The highest BCUT2D eigenvalue weighted by molar-refractivity contribution is 6.61. The lowest BCUT2D eigenvalue weighted by Gasteiger charge is -2.28. The highest BCUT2D eigenvalue weighted by atomic mass is 28.4. The molecule has 0 aliphatic carbocycles. The summed E-state index contributed by atoms with van der Waals surface area (Å²) in [6.45, 7) is 6.25. The highest BCUT2D eigenvalue weighted by Gasteiger charge is 2.39. The Morgan fingerprint density at radius 1 is 0.720 bits per heavy atom. The molecule has 1 N–H and O–H groups in total. The normalized spacial score (nSPS) is 12.2. The van der Waals surface area contributed by atoms with E-state index < -0.39 is 17.6 Å². The minimum Gasteiger partial charge on any atom is -0.376 e. The lowest BCUT2D eigenvalue weighted by Crippen LogP contribution is -2.52. The number of nitrogens with one attached hydrogen (secondary N) is 1. The zero-order valence-corrected chi connectivity index (χ0v) is 19.6. The summed E-state index contributed by atoms with van der Waals surface area (Å²) in [6.07, 6.45) is 3.63. The summed E-state index contributed by atoms with van der Waals surface area (Å²) in [5.41, 5.74) is 0. The van der Waals surface area contributed by atoms with Gasteiger partial charge in [0.25, 0.3) is 0 Å². The maximum atomic E-state index is 5.31. The van der Waals surface area contributed by atoms with E-state index in [1.165, 1.54) is 0 Å². The van der Waals surface area contributed by atoms with Gasteiger partial charge in [0.15, 0.2) is 0 Å². The number of hydrogen-bond acceptors (Lipinski definition) is 8. The average molecular weight is 401 g/mol. The van der Waals surface area contributed by atoms with Crippen LogP contribution in [0.2, 0.25) is 0 Å². The fraction of sp³-hybridized carbons (Fsp3) is 1.00. The summed E-state index contributed by atoms with van der Waals surface area (Å²) in [5, 5.41) is 3.22. The van der Waals surface area contributed by atoms with Crippen LogP contribution in [0.5, 0.6) is 0 Å². The van der Waals surface area contributed by atoms with Crippen molar-refractivity contribution in [2.75, 3.05) is 75.1 Å². The van der Waals surface area contributed by atoms with Gasteiger partial charge in [-0.15, -0.1) is 0 Å². The monoisotopic (exact) mass is 400 g/mol. The van der Waals surface area contributed by atoms with Crippen molar-refractivity contribution >= 4 is 17.6 Å². The van der Waals surface area contributed by atoms with Crippen molar-refractivity contribution in [2.24, 2.45) is 0 Å². The predicted octanol–water partition coefficient (Wildman–Crippen LogP) is 1.15. The molecule has 0 radical (unpaired) electrons. The molecule has 10 heteroatoms. The molecule has 0 saturated carbocycles. The van der Waals surface area contributed by atoms with Crippen molar-refractivity contribution in [1.29, 1.82) is 0 Å². The Kier molecular flexibility index (Phi) is 17.8. The van der Waals surface area contributed by atoms with Crippen molar-refractivity contribution in [3.05, 3.63) is 0 Å². The maximum absolute atomic E-state index is 5.31. The summed E-state index contributed by atoms with van der Waals surface area (Å²) < 4.78 is 31.6. The van der Waals surface area contributed by atoms with Gasteiger partial charge >= 0.3 is 17.6 Å². The fourth-order valence-electron chi connectivity index (χ4n) is 2.12. The molecule has 0 spiro atoms. The predicted molar refractivity (Wildman–Crippen MR) is 105 cm³/mol. The maximum Gasteiger partial charge on any atom is 0.514 e. The third-order valence-corrected chi connectivity index (χ3v) is 9.05. The number of rotatable bonds is 14.